The van der Waals surface area contributed by atoms with Crippen molar-refractivity contribution in [2.75, 3.05) is 0 Å². The lowest BCUT2D eigenvalue weighted by Gasteiger charge is -2.07. The first kappa shape index (κ1) is 14.0. The summed E-state index contributed by atoms with van der Waals surface area (Å²) in [6, 6.07) is 8.39. The van der Waals surface area contributed by atoms with Crippen molar-refractivity contribution in [1.29, 1.82) is 0 Å². The van der Waals surface area contributed by atoms with Gasteiger partial charge in [-0.15, -0.1) is 0 Å². The van der Waals surface area contributed by atoms with Crippen LogP contribution in [0.3, 0.4) is 0 Å². The summed E-state index contributed by atoms with van der Waals surface area (Å²) in [4.78, 5) is 35.9. The minimum Gasteiger partial charge on any atom is -0.301 e. The topological polar surface area (TPSA) is 61.1 Å². The Morgan fingerprint density at radius 2 is 1.95 bits per heavy atom. The van der Waals surface area contributed by atoms with Gasteiger partial charge in [-0.3, -0.25) is 14.2 Å². The predicted molar refractivity (Wildman–Crippen MR) is 76.1 cm³/mol. The van der Waals surface area contributed by atoms with Gasteiger partial charge < -0.3 is 4.57 Å². The zero-order valence-electron chi connectivity index (χ0n) is 11.5. The molecular formula is C15H16N2O3. The molecule has 2 rings (SSSR count). The van der Waals surface area contributed by atoms with Gasteiger partial charge in [0.1, 0.15) is 0 Å². The predicted octanol–water partition coefficient (Wildman–Crippen LogP) is 1.22. The van der Waals surface area contributed by atoms with Crippen LogP contribution in [0.1, 0.15) is 22.8 Å². The molecule has 0 aliphatic rings. The molecule has 0 fully saturated rings. The Kier molecular flexibility index (Phi) is 3.98. The maximum Gasteiger partial charge on any atom is 0.331 e. The molecule has 5 heteroatoms. The van der Waals surface area contributed by atoms with Crippen LogP contribution in [0.2, 0.25) is 0 Å². The fourth-order valence-corrected chi connectivity index (χ4v) is 2.00. The van der Waals surface area contributed by atoms with Crippen LogP contribution in [-0.2, 0) is 13.1 Å². The van der Waals surface area contributed by atoms with Gasteiger partial charge in [0.05, 0.1) is 6.54 Å². The SMILES string of the molecule is CCn1ccc(=O)n(CC(=O)c2cccc(C)c2)c1=O. The highest BCUT2D eigenvalue weighted by Gasteiger charge is 2.11. The van der Waals surface area contributed by atoms with Crippen LogP contribution < -0.4 is 11.2 Å². The zero-order chi connectivity index (χ0) is 14.7. The molecule has 1 aromatic carbocycles. The maximum atomic E-state index is 12.2. The lowest BCUT2D eigenvalue weighted by Crippen LogP contribution is -2.40. The Hall–Kier alpha value is -2.43. The summed E-state index contributed by atoms with van der Waals surface area (Å²) in [6.07, 6.45) is 1.44. The van der Waals surface area contributed by atoms with E-state index in [1.54, 1.807) is 25.1 Å². The van der Waals surface area contributed by atoms with E-state index < -0.39 is 11.2 Å². The summed E-state index contributed by atoms with van der Waals surface area (Å²) in [5.41, 5.74) is 0.548. The van der Waals surface area contributed by atoms with Crippen molar-refractivity contribution in [2.24, 2.45) is 0 Å². The van der Waals surface area contributed by atoms with Crippen LogP contribution in [0.4, 0.5) is 0 Å². The minimum absolute atomic E-state index is 0.234. The Labute approximate surface area is 116 Å². The fraction of sp³-hybridized carbons (Fsp3) is 0.267. The van der Waals surface area contributed by atoms with E-state index in [1.807, 2.05) is 13.0 Å². The number of hydrogen-bond donors (Lipinski definition) is 0. The van der Waals surface area contributed by atoms with Gasteiger partial charge in [0, 0.05) is 24.4 Å². The van der Waals surface area contributed by atoms with Gasteiger partial charge in [0.15, 0.2) is 5.78 Å². The van der Waals surface area contributed by atoms with Crippen molar-refractivity contribution in [3.8, 4) is 0 Å². The molecule has 0 bridgehead atoms. The van der Waals surface area contributed by atoms with Gasteiger partial charge >= 0.3 is 5.69 Å². The molecule has 2 aromatic rings. The van der Waals surface area contributed by atoms with E-state index in [2.05, 4.69) is 0 Å². The molecule has 1 heterocycles. The average Bonchev–Trinajstić information content (AvgIpc) is 2.43. The van der Waals surface area contributed by atoms with Gasteiger partial charge in [0.2, 0.25) is 0 Å². The molecule has 20 heavy (non-hydrogen) atoms. The van der Waals surface area contributed by atoms with Crippen molar-refractivity contribution >= 4 is 5.78 Å². The number of carbonyl (C=O) groups excluding carboxylic acids is 1. The van der Waals surface area contributed by atoms with Crippen molar-refractivity contribution in [2.45, 2.75) is 26.9 Å². The number of ketones is 1. The molecule has 0 aliphatic carbocycles. The van der Waals surface area contributed by atoms with E-state index in [-0.39, 0.29) is 12.3 Å². The Morgan fingerprint density at radius 3 is 2.60 bits per heavy atom. The lowest BCUT2D eigenvalue weighted by molar-refractivity contribution is 0.0968. The molecule has 5 nitrogen and oxygen atoms in total. The standard InChI is InChI=1S/C15H16N2O3/c1-3-16-8-7-14(19)17(15(16)20)10-13(18)12-6-4-5-11(2)9-12/h4-9H,3,10H2,1-2H3. The molecule has 104 valence electrons. The molecule has 0 unspecified atom stereocenters. The van der Waals surface area contributed by atoms with Crippen molar-refractivity contribution < 1.29 is 4.79 Å². The van der Waals surface area contributed by atoms with Gasteiger partial charge in [0.25, 0.3) is 5.56 Å². The van der Waals surface area contributed by atoms with E-state index >= 15 is 0 Å². The zero-order valence-corrected chi connectivity index (χ0v) is 11.5. The second-order valence-electron chi connectivity index (χ2n) is 4.60. The summed E-state index contributed by atoms with van der Waals surface area (Å²) >= 11 is 0. The van der Waals surface area contributed by atoms with E-state index in [0.717, 1.165) is 10.1 Å². The molecular weight excluding hydrogens is 256 g/mol. The van der Waals surface area contributed by atoms with Crippen molar-refractivity contribution in [3.63, 3.8) is 0 Å². The summed E-state index contributed by atoms with van der Waals surface area (Å²) in [5, 5.41) is 0. The van der Waals surface area contributed by atoms with Gasteiger partial charge in [-0.2, -0.15) is 0 Å². The maximum absolute atomic E-state index is 12.2. The van der Waals surface area contributed by atoms with Crippen molar-refractivity contribution in [3.05, 3.63) is 68.5 Å². The minimum atomic E-state index is -0.458. The van der Waals surface area contributed by atoms with E-state index in [9.17, 15) is 14.4 Å². The first-order chi connectivity index (χ1) is 9.52. The van der Waals surface area contributed by atoms with Crippen LogP contribution in [0.25, 0.3) is 0 Å². The Morgan fingerprint density at radius 1 is 1.20 bits per heavy atom. The van der Waals surface area contributed by atoms with E-state index in [1.165, 1.54) is 16.8 Å². The summed E-state index contributed by atoms with van der Waals surface area (Å²) in [7, 11) is 0. The smallest absolute Gasteiger partial charge is 0.301 e. The first-order valence-corrected chi connectivity index (χ1v) is 6.43. The number of rotatable bonds is 4. The van der Waals surface area contributed by atoms with Crippen LogP contribution in [0.15, 0.2) is 46.1 Å². The second-order valence-corrected chi connectivity index (χ2v) is 4.60. The largest absolute Gasteiger partial charge is 0.331 e. The molecule has 0 radical (unpaired) electrons. The van der Waals surface area contributed by atoms with Crippen LogP contribution >= 0.6 is 0 Å². The summed E-state index contributed by atoms with van der Waals surface area (Å²) in [5.74, 6) is -0.248. The highest BCUT2D eigenvalue weighted by atomic mass is 16.2. The fourth-order valence-electron chi connectivity index (χ4n) is 2.00. The number of benzene rings is 1. The average molecular weight is 272 g/mol. The summed E-state index contributed by atoms with van der Waals surface area (Å²) < 4.78 is 2.36. The monoisotopic (exact) mass is 272 g/mol. The molecule has 0 N–H and O–H groups in total. The molecule has 0 atom stereocenters. The van der Waals surface area contributed by atoms with Gasteiger partial charge in [-0.1, -0.05) is 23.8 Å². The number of carbonyl (C=O) groups is 1. The number of Topliss-reactive ketones (excluding diaryl/α,β-unsaturated/α-hetero) is 1. The van der Waals surface area contributed by atoms with Crippen LogP contribution in [0, 0.1) is 6.92 Å². The first-order valence-electron chi connectivity index (χ1n) is 6.43. The molecule has 0 aliphatic heterocycles. The number of nitrogens with zero attached hydrogens (tertiary/aromatic N) is 2. The van der Waals surface area contributed by atoms with E-state index in [4.69, 9.17) is 0 Å². The summed E-state index contributed by atoms with van der Waals surface area (Å²) in [6.45, 7) is 3.91. The van der Waals surface area contributed by atoms with Crippen LogP contribution in [-0.4, -0.2) is 14.9 Å². The Balaban J connectivity index is 2.38. The highest BCUT2D eigenvalue weighted by molar-refractivity contribution is 5.96. The van der Waals surface area contributed by atoms with Gasteiger partial charge in [-0.25, -0.2) is 4.79 Å². The Bertz CT molecular complexity index is 756. The third-order valence-electron chi connectivity index (χ3n) is 3.12. The molecule has 1 aromatic heterocycles. The lowest BCUT2D eigenvalue weighted by atomic mass is 10.1. The van der Waals surface area contributed by atoms with Crippen molar-refractivity contribution in [1.82, 2.24) is 9.13 Å². The number of aryl methyl sites for hydroxylation is 2. The number of aromatic nitrogens is 2. The van der Waals surface area contributed by atoms with Crippen LogP contribution in [0.5, 0.6) is 0 Å². The second kappa shape index (κ2) is 5.69. The molecule has 0 saturated carbocycles. The highest BCUT2D eigenvalue weighted by Crippen LogP contribution is 2.05. The third-order valence-corrected chi connectivity index (χ3v) is 3.12. The van der Waals surface area contributed by atoms with Gasteiger partial charge in [-0.05, 0) is 19.9 Å². The number of hydrogen-bond acceptors (Lipinski definition) is 3. The molecule has 0 spiro atoms. The third kappa shape index (κ3) is 2.77. The quantitative estimate of drug-likeness (QED) is 0.786. The molecule has 0 amide bonds. The molecule has 0 saturated heterocycles. The normalized spacial score (nSPS) is 10.5. The van der Waals surface area contributed by atoms with E-state index in [0.29, 0.717) is 12.1 Å².